The highest BCUT2D eigenvalue weighted by Gasteiger charge is 2.05. The normalized spacial score (nSPS) is 9.20. The van der Waals surface area contributed by atoms with Gasteiger partial charge in [0.05, 0.1) is 11.1 Å². The molecule has 20 heavy (non-hydrogen) atoms. The summed E-state index contributed by atoms with van der Waals surface area (Å²) in [7, 11) is 0. The second-order valence-corrected chi connectivity index (χ2v) is 3.68. The molecule has 6 heteroatoms. The van der Waals surface area contributed by atoms with E-state index in [-0.39, 0.29) is 11.3 Å². The van der Waals surface area contributed by atoms with Gasteiger partial charge in [0.25, 0.3) is 0 Å². The van der Waals surface area contributed by atoms with Crippen molar-refractivity contribution in [2.24, 2.45) is 0 Å². The number of carbonyl (C=O) groups is 2. The molecular formula is C14H12O6. The van der Waals surface area contributed by atoms with Crippen molar-refractivity contribution in [3.8, 4) is 11.5 Å². The summed E-state index contributed by atoms with van der Waals surface area (Å²) in [4.78, 5) is 20.5. The first kappa shape index (κ1) is 15.0. The summed E-state index contributed by atoms with van der Waals surface area (Å²) in [6.45, 7) is 0. The van der Waals surface area contributed by atoms with E-state index in [4.69, 9.17) is 20.4 Å². The molecule has 0 atom stereocenters. The summed E-state index contributed by atoms with van der Waals surface area (Å²) >= 11 is 0. The fraction of sp³-hybridized carbons (Fsp3) is 0. The van der Waals surface area contributed by atoms with Crippen LogP contribution >= 0.6 is 0 Å². The minimum atomic E-state index is -1.14. The lowest BCUT2D eigenvalue weighted by molar-refractivity contribution is 0.0686. The maximum absolute atomic E-state index is 10.3. The van der Waals surface area contributed by atoms with Gasteiger partial charge < -0.3 is 20.4 Å². The SMILES string of the molecule is O=C(O)c1ccc(O)c(O)c1.O=C(O)c1ccccc1. The Morgan fingerprint density at radius 1 is 0.700 bits per heavy atom. The molecule has 0 amide bonds. The van der Waals surface area contributed by atoms with E-state index < -0.39 is 17.7 Å². The molecule has 0 bridgehead atoms. The van der Waals surface area contributed by atoms with Crippen molar-refractivity contribution in [3.05, 3.63) is 59.7 Å². The molecule has 0 aliphatic rings. The van der Waals surface area contributed by atoms with E-state index >= 15 is 0 Å². The second kappa shape index (κ2) is 6.79. The number of phenols is 2. The van der Waals surface area contributed by atoms with Crippen molar-refractivity contribution in [3.63, 3.8) is 0 Å². The molecule has 104 valence electrons. The number of carboxylic acid groups (broad SMARTS) is 2. The molecule has 0 aliphatic carbocycles. The highest BCUT2D eigenvalue weighted by atomic mass is 16.4. The van der Waals surface area contributed by atoms with Gasteiger partial charge in [0.1, 0.15) is 0 Å². The Morgan fingerprint density at radius 2 is 1.25 bits per heavy atom. The van der Waals surface area contributed by atoms with Crippen LogP contribution in [-0.2, 0) is 0 Å². The van der Waals surface area contributed by atoms with Gasteiger partial charge in [-0.2, -0.15) is 0 Å². The van der Waals surface area contributed by atoms with E-state index in [2.05, 4.69) is 0 Å². The van der Waals surface area contributed by atoms with E-state index in [1.54, 1.807) is 30.3 Å². The van der Waals surface area contributed by atoms with Gasteiger partial charge in [-0.15, -0.1) is 0 Å². The Hall–Kier alpha value is -3.02. The van der Waals surface area contributed by atoms with Crippen LogP contribution in [0.4, 0.5) is 0 Å². The number of aromatic hydroxyl groups is 2. The van der Waals surface area contributed by atoms with Gasteiger partial charge in [0.2, 0.25) is 0 Å². The minimum Gasteiger partial charge on any atom is -0.504 e. The lowest BCUT2D eigenvalue weighted by atomic mass is 10.2. The van der Waals surface area contributed by atoms with Gasteiger partial charge in [-0.3, -0.25) is 0 Å². The van der Waals surface area contributed by atoms with Crippen LogP contribution in [0.5, 0.6) is 11.5 Å². The molecule has 0 fully saturated rings. The van der Waals surface area contributed by atoms with E-state index in [9.17, 15) is 9.59 Å². The van der Waals surface area contributed by atoms with E-state index in [0.717, 1.165) is 12.1 Å². The van der Waals surface area contributed by atoms with Crippen LogP contribution in [-0.4, -0.2) is 32.4 Å². The van der Waals surface area contributed by atoms with E-state index in [0.29, 0.717) is 5.56 Å². The van der Waals surface area contributed by atoms with Gasteiger partial charge in [0.15, 0.2) is 11.5 Å². The summed E-state index contributed by atoms with van der Waals surface area (Å²) in [6.07, 6.45) is 0. The van der Waals surface area contributed by atoms with Gasteiger partial charge in [-0.05, 0) is 30.3 Å². The van der Waals surface area contributed by atoms with Crippen molar-refractivity contribution in [1.29, 1.82) is 0 Å². The van der Waals surface area contributed by atoms with Crippen molar-refractivity contribution in [1.82, 2.24) is 0 Å². The van der Waals surface area contributed by atoms with Crippen LogP contribution < -0.4 is 0 Å². The average Bonchev–Trinajstić information content (AvgIpc) is 2.43. The summed E-state index contributed by atoms with van der Waals surface area (Å²) in [5.41, 5.74) is 0.276. The molecule has 0 saturated carbocycles. The van der Waals surface area contributed by atoms with Crippen molar-refractivity contribution in [2.75, 3.05) is 0 Å². The summed E-state index contributed by atoms with van der Waals surface area (Å²) in [5.74, 6) is -2.77. The van der Waals surface area contributed by atoms with Crippen LogP contribution in [0.1, 0.15) is 20.7 Å². The first-order valence-electron chi connectivity index (χ1n) is 5.45. The molecule has 0 unspecified atom stereocenters. The maximum Gasteiger partial charge on any atom is 0.335 e. The zero-order valence-electron chi connectivity index (χ0n) is 10.2. The number of benzene rings is 2. The van der Waals surface area contributed by atoms with Gasteiger partial charge in [0, 0.05) is 0 Å². The zero-order valence-corrected chi connectivity index (χ0v) is 10.2. The number of rotatable bonds is 2. The largest absolute Gasteiger partial charge is 0.504 e. The Kier molecular flexibility index (Phi) is 5.11. The molecule has 2 aromatic rings. The molecular weight excluding hydrogens is 264 g/mol. The Morgan fingerprint density at radius 3 is 1.65 bits per heavy atom. The smallest absolute Gasteiger partial charge is 0.335 e. The first-order valence-corrected chi connectivity index (χ1v) is 5.45. The number of hydrogen-bond donors (Lipinski definition) is 4. The van der Waals surface area contributed by atoms with Crippen molar-refractivity contribution in [2.45, 2.75) is 0 Å². The maximum atomic E-state index is 10.3. The highest BCUT2D eigenvalue weighted by molar-refractivity contribution is 5.88. The lowest BCUT2D eigenvalue weighted by Crippen LogP contribution is -1.94. The molecule has 6 nitrogen and oxygen atoms in total. The van der Waals surface area contributed by atoms with Crippen LogP contribution in [0.15, 0.2) is 48.5 Å². The predicted molar refractivity (Wildman–Crippen MR) is 70.1 cm³/mol. The van der Waals surface area contributed by atoms with Gasteiger partial charge in [-0.25, -0.2) is 9.59 Å². The molecule has 0 aromatic heterocycles. The van der Waals surface area contributed by atoms with Crippen LogP contribution in [0.3, 0.4) is 0 Å². The number of phenolic OH excluding ortho intramolecular Hbond substituents is 2. The van der Waals surface area contributed by atoms with Gasteiger partial charge in [-0.1, -0.05) is 18.2 Å². The average molecular weight is 276 g/mol. The van der Waals surface area contributed by atoms with Gasteiger partial charge >= 0.3 is 11.9 Å². The monoisotopic (exact) mass is 276 g/mol. The molecule has 0 saturated heterocycles. The molecule has 2 aromatic carbocycles. The third-order valence-electron chi connectivity index (χ3n) is 2.24. The number of carboxylic acids is 2. The number of hydrogen-bond acceptors (Lipinski definition) is 4. The fourth-order valence-electron chi connectivity index (χ4n) is 1.24. The molecule has 0 aliphatic heterocycles. The summed E-state index contributed by atoms with van der Waals surface area (Å²) in [6, 6.07) is 11.6. The first-order chi connectivity index (χ1) is 9.41. The zero-order chi connectivity index (χ0) is 15.1. The molecule has 2 rings (SSSR count). The lowest BCUT2D eigenvalue weighted by Gasteiger charge is -1.97. The predicted octanol–water partition coefficient (Wildman–Crippen LogP) is 2.18. The molecule has 0 radical (unpaired) electrons. The van der Waals surface area contributed by atoms with E-state index in [1.165, 1.54) is 6.07 Å². The molecule has 0 heterocycles. The van der Waals surface area contributed by atoms with Crippen LogP contribution in [0.2, 0.25) is 0 Å². The Bertz CT molecular complexity index is 606. The van der Waals surface area contributed by atoms with Crippen molar-refractivity contribution >= 4 is 11.9 Å². The Labute approximate surface area is 114 Å². The number of aromatic carboxylic acids is 2. The summed E-state index contributed by atoms with van der Waals surface area (Å²) < 4.78 is 0. The second-order valence-electron chi connectivity index (χ2n) is 3.68. The highest BCUT2D eigenvalue weighted by Crippen LogP contribution is 2.24. The van der Waals surface area contributed by atoms with E-state index in [1.807, 2.05) is 0 Å². The standard InChI is InChI=1S/C7H6O4.C7H6O2/c8-5-2-1-4(7(10)11)3-6(5)9;8-7(9)6-4-2-1-3-5-6/h1-3,8-9H,(H,10,11);1-5H,(H,8,9). The summed E-state index contributed by atoms with van der Waals surface area (Å²) in [5, 5.41) is 34.4. The van der Waals surface area contributed by atoms with Crippen LogP contribution in [0, 0.1) is 0 Å². The minimum absolute atomic E-state index is 0.0553. The van der Waals surface area contributed by atoms with Crippen molar-refractivity contribution < 1.29 is 30.0 Å². The third-order valence-corrected chi connectivity index (χ3v) is 2.24. The Balaban J connectivity index is 0.000000204. The third kappa shape index (κ3) is 4.34. The quantitative estimate of drug-likeness (QED) is 0.625. The molecule has 0 spiro atoms. The molecule has 4 N–H and O–H groups in total. The van der Waals surface area contributed by atoms with Crippen LogP contribution in [0.25, 0.3) is 0 Å². The topological polar surface area (TPSA) is 115 Å². The fourth-order valence-corrected chi connectivity index (χ4v) is 1.24.